The number of aromatic amines is 1. The van der Waals surface area contributed by atoms with Crippen LogP contribution >= 0.6 is 0 Å². The second-order valence-corrected chi connectivity index (χ2v) is 9.81. The molecule has 1 atom stereocenters. The Labute approximate surface area is 191 Å². The molecule has 1 aliphatic heterocycles. The number of nitrogens with zero attached hydrogens (tertiary/aromatic N) is 2. The average molecular weight is 484 g/mol. The number of carbonyl (C=O) groups excluding carboxylic acids is 2. The van der Waals surface area contributed by atoms with Crippen LogP contribution in [0.15, 0.2) is 23.1 Å². The second kappa shape index (κ2) is 9.70. The van der Waals surface area contributed by atoms with Gasteiger partial charge in [-0.2, -0.15) is 4.31 Å². The third-order valence-corrected chi connectivity index (χ3v) is 7.79. The van der Waals surface area contributed by atoms with Crippen LogP contribution in [0.4, 0.5) is 8.78 Å². The summed E-state index contributed by atoms with van der Waals surface area (Å²) < 4.78 is 59.2. The Morgan fingerprint density at radius 1 is 1.15 bits per heavy atom. The van der Waals surface area contributed by atoms with Gasteiger partial charge in [0.05, 0.1) is 23.9 Å². The van der Waals surface area contributed by atoms with E-state index in [9.17, 15) is 26.8 Å². The molecule has 1 N–H and O–H groups in total. The number of benzene rings is 1. The number of esters is 1. The SMILES string of the molecule is CCOC(=O)c1c(C)[nH]c(C(=O)C(C)N2CCN(S(=O)(=O)c3cc(F)ccc3F)CC2)c1C. The van der Waals surface area contributed by atoms with E-state index in [1.165, 1.54) is 0 Å². The minimum atomic E-state index is -4.21. The molecule has 0 amide bonds. The van der Waals surface area contributed by atoms with Crippen LogP contribution < -0.4 is 0 Å². The Hall–Kier alpha value is -2.63. The van der Waals surface area contributed by atoms with Gasteiger partial charge >= 0.3 is 5.97 Å². The van der Waals surface area contributed by atoms with E-state index in [0.717, 1.165) is 16.4 Å². The molecular weight excluding hydrogens is 456 g/mol. The lowest BCUT2D eigenvalue weighted by molar-refractivity contribution is 0.0525. The number of aromatic nitrogens is 1. The Morgan fingerprint density at radius 3 is 2.39 bits per heavy atom. The number of rotatable bonds is 7. The minimum absolute atomic E-state index is 0.0206. The molecule has 0 aliphatic carbocycles. The molecule has 0 saturated carbocycles. The fourth-order valence-electron chi connectivity index (χ4n) is 4.03. The lowest BCUT2D eigenvalue weighted by Gasteiger charge is -2.36. The number of piperazine rings is 1. The number of aryl methyl sites for hydroxylation is 1. The lowest BCUT2D eigenvalue weighted by Crippen LogP contribution is -2.53. The fourth-order valence-corrected chi connectivity index (χ4v) is 5.52. The molecule has 1 aromatic carbocycles. The number of carbonyl (C=O) groups is 2. The van der Waals surface area contributed by atoms with Gasteiger partial charge in [0.1, 0.15) is 16.5 Å². The molecular formula is C22H27F2N3O5S. The van der Waals surface area contributed by atoms with Crippen molar-refractivity contribution in [1.29, 1.82) is 0 Å². The van der Waals surface area contributed by atoms with Crippen molar-refractivity contribution in [2.24, 2.45) is 0 Å². The van der Waals surface area contributed by atoms with E-state index in [0.29, 0.717) is 28.6 Å². The zero-order chi connectivity index (χ0) is 24.5. The molecule has 33 heavy (non-hydrogen) atoms. The quantitative estimate of drug-likeness (QED) is 0.480. The Kier molecular flexibility index (Phi) is 7.35. The Balaban J connectivity index is 1.73. The van der Waals surface area contributed by atoms with Gasteiger partial charge in [0.25, 0.3) is 0 Å². The molecule has 0 radical (unpaired) electrons. The molecule has 11 heteroatoms. The second-order valence-electron chi connectivity index (χ2n) is 7.90. The highest BCUT2D eigenvalue weighted by atomic mass is 32.2. The van der Waals surface area contributed by atoms with Crippen LogP contribution in [0.3, 0.4) is 0 Å². The van der Waals surface area contributed by atoms with E-state index in [2.05, 4.69) is 4.98 Å². The summed E-state index contributed by atoms with van der Waals surface area (Å²) in [5.74, 6) is -2.60. The average Bonchev–Trinajstić information content (AvgIpc) is 3.08. The van der Waals surface area contributed by atoms with Gasteiger partial charge in [-0.25, -0.2) is 22.0 Å². The first-order chi connectivity index (χ1) is 15.5. The highest BCUT2D eigenvalue weighted by Crippen LogP contribution is 2.24. The Bertz CT molecular complexity index is 1170. The van der Waals surface area contributed by atoms with Crippen molar-refractivity contribution in [2.45, 2.75) is 38.6 Å². The maximum atomic E-state index is 14.0. The number of hydrogen-bond acceptors (Lipinski definition) is 6. The number of ether oxygens (including phenoxy) is 1. The van der Waals surface area contributed by atoms with Crippen LogP contribution in [0, 0.1) is 25.5 Å². The first kappa shape index (κ1) is 25.0. The van der Waals surface area contributed by atoms with Gasteiger partial charge in [-0.15, -0.1) is 0 Å². The predicted octanol–water partition coefficient (Wildman–Crippen LogP) is 2.66. The van der Waals surface area contributed by atoms with Crippen LogP contribution in [0.1, 0.15) is 46.0 Å². The third-order valence-electron chi connectivity index (χ3n) is 5.87. The van der Waals surface area contributed by atoms with Gasteiger partial charge in [0.2, 0.25) is 10.0 Å². The van der Waals surface area contributed by atoms with E-state index < -0.39 is 38.6 Å². The Morgan fingerprint density at radius 2 is 1.79 bits per heavy atom. The number of H-pyrrole nitrogens is 1. The molecule has 2 heterocycles. The molecule has 8 nitrogen and oxygen atoms in total. The van der Waals surface area contributed by atoms with Gasteiger partial charge in [0.15, 0.2) is 5.78 Å². The van der Waals surface area contributed by atoms with Gasteiger partial charge in [0, 0.05) is 31.9 Å². The number of hydrogen-bond donors (Lipinski definition) is 1. The van der Waals surface area contributed by atoms with Crippen molar-refractivity contribution < 1.29 is 31.5 Å². The lowest BCUT2D eigenvalue weighted by atomic mass is 10.0. The maximum absolute atomic E-state index is 14.0. The molecule has 1 saturated heterocycles. The smallest absolute Gasteiger partial charge is 0.340 e. The first-order valence-electron chi connectivity index (χ1n) is 10.6. The summed E-state index contributed by atoms with van der Waals surface area (Å²) >= 11 is 0. The summed E-state index contributed by atoms with van der Waals surface area (Å²) in [4.78, 5) is 29.4. The fraction of sp³-hybridized carbons (Fsp3) is 0.455. The van der Waals surface area contributed by atoms with Gasteiger partial charge in [-0.05, 0) is 51.5 Å². The maximum Gasteiger partial charge on any atom is 0.340 e. The van der Waals surface area contributed by atoms with Crippen LogP contribution in [0.25, 0.3) is 0 Å². The largest absolute Gasteiger partial charge is 0.462 e. The van der Waals surface area contributed by atoms with E-state index in [1.54, 1.807) is 27.7 Å². The summed E-state index contributed by atoms with van der Waals surface area (Å²) in [6.07, 6.45) is 0. The molecule has 1 aromatic heterocycles. The van der Waals surface area contributed by atoms with Gasteiger partial charge in [-0.1, -0.05) is 0 Å². The summed E-state index contributed by atoms with van der Waals surface area (Å²) in [6, 6.07) is 1.72. The van der Waals surface area contributed by atoms with Crippen LogP contribution in [-0.2, 0) is 14.8 Å². The van der Waals surface area contributed by atoms with E-state index >= 15 is 0 Å². The molecule has 180 valence electrons. The number of ketones is 1. The van der Waals surface area contributed by atoms with Crippen LogP contribution in [-0.4, -0.2) is 73.2 Å². The van der Waals surface area contributed by atoms with Gasteiger partial charge < -0.3 is 9.72 Å². The van der Waals surface area contributed by atoms with Gasteiger partial charge in [-0.3, -0.25) is 9.69 Å². The van der Waals surface area contributed by atoms with Crippen molar-refractivity contribution in [1.82, 2.24) is 14.2 Å². The minimum Gasteiger partial charge on any atom is -0.462 e. The molecule has 2 aromatic rings. The monoisotopic (exact) mass is 483 g/mol. The van der Waals surface area contributed by atoms with Crippen molar-refractivity contribution >= 4 is 21.8 Å². The number of Topliss-reactive ketones (excluding diaryl/α,β-unsaturated/α-hetero) is 1. The molecule has 1 fully saturated rings. The van der Waals surface area contributed by atoms with Crippen LogP contribution in [0.2, 0.25) is 0 Å². The number of nitrogens with one attached hydrogen (secondary N) is 1. The topological polar surface area (TPSA) is 99.8 Å². The molecule has 1 unspecified atom stereocenters. The summed E-state index contributed by atoms with van der Waals surface area (Å²) in [5, 5.41) is 0. The van der Waals surface area contributed by atoms with Crippen molar-refractivity contribution in [3.8, 4) is 0 Å². The zero-order valence-corrected chi connectivity index (χ0v) is 19.8. The predicted molar refractivity (Wildman–Crippen MR) is 117 cm³/mol. The third kappa shape index (κ3) is 4.85. The zero-order valence-electron chi connectivity index (χ0n) is 18.9. The standard InChI is InChI=1S/C22H27F2N3O5S/c1-5-32-22(29)19-13(2)20(25-14(19)3)21(28)15(4)26-8-10-27(11-9-26)33(30,31)18-12-16(23)6-7-17(18)24/h6-7,12,15,25H,5,8-11H2,1-4H3. The van der Waals surface area contributed by atoms with E-state index in [4.69, 9.17) is 4.74 Å². The van der Waals surface area contributed by atoms with E-state index in [1.807, 2.05) is 4.90 Å². The normalized spacial score (nSPS) is 16.5. The van der Waals surface area contributed by atoms with Crippen molar-refractivity contribution in [3.05, 3.63) is 52.3 Å². The first-order valence-corrected chi connectivity index (χ1v) is 12.0. The molecule has 3 rings (SSSR count). The highest BCUT2D eigenvalue weighted by Gasteiger charge is 2.35. The van der Waals surface area contributed by atoms with Crippen molar-refractivity contribution in [2.75, 3.05) is 32.8 Å². The van der Waals surface area contributed by atoms with Crippen molar-refractivity contribution in [3.63, 3.8) is 0 Å². The highest BCUT2D eigenvalue weighted by molar-refractivity contribution is 7.89. The molecule has 0 spiro atoms. The number of sulfonamides is 1. The summed E-state index contributed by atoms with van der Waals surface area (Å²) in [6.45, 7) is 7.49. The van der Waals surface area contributed by atoms with E-state index in [-0.39, 0.29) is 38.6 Å². The van der Waals surface area contributed by atoms with Crippen LogP contribution in [0.5, 0.6) is 0 Å². The number of halogens is 2. The summed E-state index contributed by atoms with van der Waals surface area (Å²) in [7, 11) is -4.21. The molecule has 0 bridgehead atoms. The molecule has 1 aliphatic rings. The summed E-state index contributed by atoms with van der Waals surface area (Å²) in [5.41, 5.74) is 1.68.